The minimum Gasteiger partial charge on any atom is -0.444 e. The van der Waals surface area contributed by atoms with Crippen LogP contribution >= 0.6 is 0 Å². The van der Waals surface area contributed by atoms with Crippen LogP contribution in [-0.2, 0) is 4.74 Å². The molecular weight excluding hydrogens is 292 g/mol. The quantitative estimate of drug-likeness (QED) is 0.907. The number of nitrogens with zero attached hydrogens (tertiary/aromatic N) is 3. The molecule has 2 aliphatic rings. The van der Waals surface area contributed by atoms with Gasteiger partial charge in [-0.05, 0) is 52.4 Å². The molecule has 23 heavy (non-hydrogen) atoms. The van der Waals surface area contributed by atoms with Crippen molar-refractivity contribution in [1.82, 2.24) is 15.3 Å². The zero-order valence-electron chi connectivity index (χ0n) is 14.4. The van der Waals surface area contributed by atoms with Crippen molar-refractivity contribution in [3.05, 3.63) is 18.1 Å². The largest absolute Gasteiger partial charge is 0.444 e. The Balaban J connectivity index is 1.64. The van der Waals surface area contributed by atoms with E-state index in [4.69, 9.17) is 4.74 Å². The molecule has 2 bridgehead atoms. The van der Waals surface area contributed by atoms with Crippen molar-refractivity contribution < 1.29 is 9.53 Å². The molecule has 2 unspecified atom stereocenters. The number of amides is 1. The summed E-state index contributed by atoms with van der Waals surface area (Å²) >= 11 is 0. The SMILES string of the molecule is Cc1cc(N2CC3CCC(C2)C3NC(=O)OC(C)(C)C)ncn1. The summed E-state index contributed by atoms with van der Waals surface area (Å²) in [7, 11) is 0. The number of hydrogen-bond donors (Lipinski definition) is 1. The summed E-state index contributed by atoms with van der Waals surface area (Å²) in [5, 5.41) is 3.10. The van der Waals surface area contributed by atoms with E-state index in [1.165, 1.54) is 0 Å². The molecular formula is C17H26N4O2. The van der Waals surface area contributed by atoms with Crippen LogP contribution in [0.2, 0.25) is 0 Å². The molecule has 1 saturated heterocycles. The van der Waals surface area contributed by atoms with E-state index in [-0.39, 0.29) is 12.1 Å². The van der Waals surface area contributed by atoms with Crippen molar-refractivity contribution in [3.63, 3.8) is 0 Å². The zero-order valence-corrected chi connectivity index (χ0v) is 14.4. The second-order valence-corrected chi connectivity index (χ2v) is 7.69. The predicted octanol–water partition coefficient (Wildman–Crippen LogP) is 2.52. The van der Waals surface area contributed by atoms with Crippen LogP contribution in [0.3, 0.4) is 0 Å². The van der Waals surface area contributed by atoms with Crippen LogP contribution in [0.4, 0.5) is 10.6 Å². The minimum atomic E-state index is -0.456. The Morgan fingerprint density at radius 1 is 1.26 bits per heavy atom. The molecule has 1 amide bonds. The van der Waals surface area contributed by atoms with Crippen LogP contribution in [-0.4, -0.2) is 40.8 Å². The van der Waals surface area contributed by atoms with Gasteiger partial charge in [0.05, 0.1) is 0 Å². The average molecular weight is 318 g/mol. The summed E-state index contributed by atoms with van der Waals surface area (Å²) < 4.78 is 5.41. The molecule has 1 saturated carbocycles. The van der Waals surface area contributed by atoms with Gasteiger partial charge in [0.1, 0.15) is 17.7 Å². The molecule has 0 radical (unpaired) electrons. The zero-order chi connectivity index (χ0) is 16.6. The number of aromatic nitrogens is 2. The highest BCUT2D eigenvalue weighted by Crippen LogP contribution is 2.38. The molecule has 2 heterocycles. The van der Waals surface area contributed by atoms with E-state index in [0.29, 0.717) is 11.8 Å². The van der Waals surface area contributed by atoms with E-state index in [1.807, 2.05) is 33.8 Å². The number of rotatable bonds is 2. The Hall–Kier alpha value is -1.85. The van der Waals surface area contributed by atoms with E-state index in [9.17, 15) is 4.79 Å². The Bertz CT molecular complexity index is 570. The Labute approximate surface area is 137 Å². The van der Waals surface area contributed by atoms with Crippen LogP contribution in [0, 0.1) is 18.8 Å². The predicted molar refractivity (Wildman–Crippen MR) is 88.4 cm³/mol. The topological polar surface area (TPSA) is 67.4 Å². The molecule has 3 rings (SSSR count). The summed E-state index contributed by atoms with van der Waals surface area (Å²) in [6, 6.07) is 2.24. The van der Waals surface area contributed by atoms with Gasteiger partial charge in [-0.2, -0.15) is 0 Å². The van der Waals surface area contributed by atoms with Crippen LogP contribution in [0.1, 0.15) is 39.3 Å². The summed E-state index contributed by atoms with van der Waals surface area (Å²) in [6.45, 7) is 9.50. The van der Waals surface area contributed by atoms with Gasteiger partial charge in [-0.15, -0.1) is 0 Å². The van der Waals surface area contributed by atoms with Gasteiger partial charge in [0.2, 0.25) is 0 Å². The number of piperidine rings is 1. The lowest BCUT2D eigenvalue weighted by molar-refractivity contribution is 0.0472. The van der Waals surface area contributed by atoms with Gasteiger partial charge in [-0.25, -0.2) is 14.8 Å². The first-order valence-corrected chi connectivity index (χ1v) is 8.35. The molecule has 126 valence electrons. The number of ether oxygens (including phenoxy) is 1. The smallest absolute Gasteiger partial charge is 0.407 e. The summed E-state index contributed by atoms with van der Waals surface area (Å²) in [4.78, 5) is 23.0. The van der Waals surface area contributed by atoms with Gasteiger partial charge in [-0.3, -0.25) is 0 Å². The maximum absolute atomic E-state index is 12.1. The van der Waals surface area contributed by atoms with Crippen LogP contribution in [0.25, 0.3) is 0 Å². The lowest BCUT2D eigenvalue weighted by atomic mass is 9.92. The molecule has 0 aromatic carbocycles. The molecule has 1 aromatic rings. The number of fused-ring (bicyclic) bond motifs is 2. The summed E-state index contributed by atoms with van der Waals surface area (Å²) in [5.41, 5.74) is 0.527. The van der Waals surface area contributed by atoms with Gasteiger partial charge in [0.15, 0.2) is 0 Å². The number of aryl methyl sites for hydroxylation is 1. The fourth-order valence-electron chi connectivity index (χ4n) is 3.70. The van der Waals surface area contributed by atoms with Crippen molar-refractivity contribution in [2.45, 2.75) is 52.2 Å². The Morgan fingerprint density at radius 3 is 2.48 bits per heavy atom. The number of nitrogens with one attached hydrogen (secondary N) is 1. The third kappa shape index (κ3) is 3.74. The Kier molecular flexibility index (Phi) is 4.17. The first kappa shape index (κ1) is 16.0. The number of carbonyl (C=O) groups is 1. The number of hydrogen-bond acceptors (Lipinski definition) is 5. The van der Waals surface area contributed by atoms with Crippen molar-refractivity contribution in [1.29, 1.82) is 0 Å². The number of alkyl carbamates (subject to hydrolysis) is 1. The lowest BCUT2D eigenvalue weighted by Crippen LogP contribution is -2.53. The normalized spacial score (nSPS) is 27.0. The Morgan fingerprint density at radius 2 is 1.91 bits per heavy atom. The number of carbonyl (C=O) groups excluding carboxylic acids is 1. The lowest BCUT2D eigenvalue weighted by Gasteiger charge is -2.39. The maximum atomic E-state index is 12.1. The monoisotopic (exact) mass is 318 g/mol. The highest BCUT2D eigenvalue weighted by molar-refractivity contribution is 5.68. The fraction of sp³-hybridized carbons (Fsp3) is 0.706. The second-order valence-electron chi connectivity index (χ2n) is 7.69. The summed E-state index contributed by atoms with van der Waals surface area (Å²) in [5.74, 6) is 1.90. The van der Waals surface area contributed by atoms with Crippen molar-refractivity contribution in [2.75, 3.05) is 18.0 Å². The highest BCUT2D eigenvalue weighted by Gasteiger charge is 2.43. The first-order chi connectivity index (χ1) is 10.8. The minimum absolute atomic E-state index is 0.212. The maximum Gasteiger partial charge on any atom is 0.407 e. The number of anilines is 1. The third-order valence-corrected chi connectivity index (χ3v) is 4.63. The van der Waals surface area contributed by atoms with Gasteiger partial charge in [0, 0.05) is 30.9 Å². The molecule has 1 aliphatic heterocycles. The van der Waals surface area contributed by atoms with E-state index < -0.39 is 5.60 Å². The first-order valence-electron chi connectivity index (χ1n) is 8.35. The molecule has 2 atom stereocenters. The van der Waals surface area contributed by atoms with Crippen LogP contribution < -0.4 is 10.2 Å². The molecule has 2 fully saturated rings. The van der Waals surface area contributed by atoms with E-state index in [1.54, 1.807) is 6.33 Å². The van der Waals surface area contributed by atoms with Gasteiger partial charge in [-0.1, -0.05) is 0 Å². The molecule has 6 heteroatoms. The third-order valence-electron chi connectivity index (χ3n) is 4.63. The average Bonchev–Trinajstić information content (AvgIpc) is 2.68. The molecule has 6 nitrogen and oxygen atoms in total. The fourth-order valence-corrected chi connectivity index (χ4v) is 3.70. The second kappa shape index (κ2) is 5.98. The molecule has 1 N–H and O–H groups in total. The molecule has 0 spiro atoms. The standard InChI is InChI=1S/C17H26N4O2/c1-11-7-14(19-10-18-11)21-8-12-5-6-13(9-21)15(12)20-16(22)23-17(2,3)4/h7,10,12-13,15H,5-6,8-9H2,1-4H3,(H,20,22). The van der Waals surface area contributed by atoms with Gasteiger partial charge >= 0.3 is 6.09 Å². The van der Waals surface area contributed by atoms with Gasteiger partial charge < -0.3 is 15.0 Å². The molecule has 1 aromatic heterocycles. The van der Waals surface area contributed by atoms with Crippen molar-refractivity contribution in [3.8, 4) is 0 Å². The van der Waals surface area contributed by atoms with E-state index in [2.05, 4.69) is 20.2 Å². The van der Waals surface area contributed by atoms with E-state index in [0.717, 1.165) is 37.4 Å². The summed E-state index contributed by atoms with van der Waals surface area (Å²) in [6.07, 6.45) is 3.61. The highest BCUT2D eigenvalue weighted by atomic mass is 16.6. The van der Waals surface area contributed by atoms with Crippen LogP contribution in [0.5, 0.6) is 0 Å². The van der Waals surface area contributed by atoms with Crippen molar-refractivity contribution >= 4 is 11.9 Å². The van der Waals surface area contributed by atoms with Crippen molar-refractivity contribution in [2.24, 2.45) is 11.8 Å². The molecule has 1 aliphatic carbocycles. The van der Waals surface area contributed by atoms with Crippen LogP contribution in [0.15, 0.2) is 12.4 Å². The van der Waals surface area contributed by atoms with E-state index >= 15 is 0 Å². The van der Waals surface area contributed by atoms with Gasteiger partial charge in [0.25, 0.3) is 0 Å².